The highest BCUT2D eigenvalue weighted by molar-refractivity contribution is 5.74. The molecule has 1 saturated heterocycles. The second-order valence-corrected chi connectivity index (χ2v) is 9.38. The Morgan fingerprint density at radius 1 is 0.806 bits per heavy atom. The highest BCUT2D eigenvalue weighted by atomic mass is 16.3. The van der Waals surface area contributed by atoms with Crippen molar-refractivity contribution in [2.24, 2.45) is 28.2 Å². The molecule has 0 saturated carbocycles. The molecule has 0 aliphatic carbocycles. The highest BCUT2D eigenvalue weighted by Crippen LogP contribution is 2.24. The van der Waals surface area contributed by atoms with Gasteiger partial charge in [0.2, 0.25) is 5.95 Å². The number of rotatable bonds is 5. The van der Waals surface area contributed by atoms with Crippen LogP contribution in [0.1, 0.15) is 19.3 Å². The zero-order chi connectivity index (χ0) is 25.9. The number of hydrogen-bond acceptors (Lipinski definition) is 8. The maximum atomic E-state index is 13.1. The summed E-state index contributed by atoms with van der Waals surface area (Å²) in [7, 11) is 5.90. The molecule has 0 radical (unpaired) electrons. The van der Waals surface area contributed by atoms with E-state index >= 15 is 0 Å². The summed E-state index contributed by atoms with van der Waals surface area (Å²) in [6.07, 6.45) is 3.43. The predicted molar refractivity (Wildman–Crippen MR) is 133 cm³/mol. The third-order valence-electron chi connectivity index (χ3n) is 6.98. The first-order chi connectivity index (χ1) is 17.1. The predicted octanol–water partition coefficient (Wildman–Crippen LogP) is -1.77. The van der Waals surface area contributed by atoms with Crippen molar-refractivity contribution in [3.63, 3.8) is 0 Å². The van der Waals surface area contributed by atoms with Crippen LogP contribution in [0.25, 0.3) is 22.3 Å². The molecular formula is C22H29N9O5. The van der Waals surface area contributed by atoms with Gasteiger partial charge in [-0.25, -0.2) is 14.6 Å². The van der Waals surface area contributed by atoms with E-state index in [1.807, 2.05) is 0 Å². The normalized spacial score (nSPS) is 15.3. The van der Waals surface area contributed by atoms with Gasteiger partial charge < -0.3 is 19.1 Å². The Kier molecular flexibility index (Phi) is 5.70. The Morgan fingerprint density at radius 2 is 1.39 bits per heavy atom. The zero-order valence-corrected chi connectivity index (χ0v) is 20.7. The summed E-state index contributed by atoms with van der Waals surface area (Å²) in [6.45, 7) is 1.50. The molecule has 36 heavy (non-hydrogen) atoms. The molecule has 0 spiro atoms. The largest absolute Gasteiger partial charge is 0.389 e. The van der Waals surface area contributed by atoms with E-state index in [1.54, 1.807) is 11.6 Å². The lowest BCUT2D eigenvalue weighted by Gasteiger charge is -2.28. The summed E-state index contributed by atoms with van der Waals surface area (Å²) in [5.41, 5.74) is -1.06. The Morgan fingerprint density at radius 3 is 2.03 bits per heavy atom. The third-order valence-corrected chi connectivity index (χ3v) is 6.98. The monoisotopic (exact) mass is 499 g/mol. The van der Waals surface area contributed by atoms with Crippen LogP contribution in [0.5, 0.6) is 0 Å². The quantitative estimate of drug-likeness (QED) is 0.339. The minimum Gasteiger partial charge on any atom is -0.389 e. The van der Waals surface area contributed by atoms with Crippen molar-refractivity contribution in [1.29, 1.82) is 0 Å². The first kappa shape index (κ1) is 23.8. The number of aliphatic hydroxyl groups excluding tert-OH is 1. The number of anilines is 1. The summed E-state index contributed by atoms with van der Waals surface area (Å²) in [5, 5.41) is 11.1. The minimum atomic E-state index is -1.03. The van der Waals surface area contributed by atoms with Crippen molar-refractivity contribution in [2.75, 3.05) is 18.0 Å². The van der Waals surface area contributed by atoms with Gasteiger partial charge in [-0.3, -0.25) is 27.9 Å². The Hall–Kier alpha value is -3.94. The second kappa shape index (κ2) is 8.62. The van der Waals surface area contributed by atoms with Crippen molar-refractivity contribution >= 4 is 28.3 Å². The first-order valence-corrected chi connectivity index (χ1v) is 11.8. The number of aryl methyl sites for hydroxylation is 2. The van der Waals surface area contributed by atoms with Crippen molar-refractivity contribution in [2.45, 2.75) is 38.5 Å². The molecule has 1 aliphatic rings. The summed E-state index contributed by atoms with van der Waals surface area (Å²) < 4.78 is 7.81. The van der Waals surface area contributed by atoms with Crippen molar-refractivity contribution in [3.8, 4) is 0 Å². The smallest absolute Gasteiger partial charge is 0.332 e. The van der Waals surface area contributed by atoms with Crippen LogP contribution in [0.4, 0.5) is 5.95 Å². The van der Waals surface area contributed by atoms with Crippen molar-refractivity contribution in [3.05, 3.63) is 48.0 Å². The van der Waals surface area contributed by atoms with E-state index < -0.39 is 28.6 Å². The number of fused-ring (bicyclic) bond motifs is 2. The van der Waals surface area contributed by atoms with Gasteiger partial charge >= 0.3 is 11.4 Å². The van der Waals surface area contributed by atoms with Crippen LogP contribution in [-0.4, -0.2) is 61.7 Å². The van der Waals surface area contributed by atoms with Crippen LogP contribution in [0.3, 0.4) is 0 Å². The van der Waals surface area contributed by atoms with Gasteiger partial charge in [0.15, 0.2) is 22.3 Å². The molecule has 1 aliphatic heterocycles. The molecule has 192 valence electrons. The maximum absolute atomic E-state index is 13.1. The number of aromatic nitrogens is 8. The molecule has 14 heteroatoms. The summed E-state index contributed by atoms with van der Waals surface area (Å²) >= 11 is 0. The van der Waals surface area contributed by atoms with E-state index in [1.165, 1.54) is 41.2 Å². The van der Waals surface area contributed by atoms with Crippen molar-refractivity contribution in [1.82, 2.24) is 37.4 Å². The molecule has 4 aromatic rings. The average molecular weight is 500 g/mol. The number of piperidine rings is 1. The van der Waals surface area contributed by atoms with E-state index in [9.17, 15) is 24.3 Å². The average Bonchev–Trinajstić information content (AvgIpc) is 3.46. The Bertz CT molecular complexity index is 1730. The van der Waals surface area contributed by atoms with E-state index in [2.05, 4.69) is 14.9 Å². The van der Waals surface area contributed by atoms with E-state index in [-0.39, 0.29) is 35.4 Å². The van der Waals surface area contributed by atoms with Gasteiger partial charge in [0.25, 0.3) is 11.1 Å². The van der Waals surface area contributed by atoms with Crippen LogP contribution in [0.15, 0.2) is 25.5 Å². The highest BCUT2D eigenvalue weighted by Gasteiger charge is 2.26. The molecule has 5 heterocycles. The molecule has 1 atom stereocenters. The van der Waals surface area contributed by atoms with Crippen LogP contribution < -0.4 is 27.4 Å². The molecule has 0 aromatic carbocycles. The second-order valence-electron chi connectivity index (χ2n) is 9.38. The molecular weight excluding hydrogens is 470 g/mol. The summed E-state index contributed by atoms with van der Waals surface area (Å²) in [5.74, 6) is 0.524. The Balaban J connectivity index is 1.60. The van der Waals surface area contributed by atoms with Crippen LogP contribution >= 0.6 is 0 Å². The van der Waals surface area contributed by atoms with E-state index in [4.69, 9.17) is 0 Å². The van der Waals surface area contributed by atoms with Gasteiger partial charge in [0, 0.05) is 41.3 Å². The number of nitrogens with zero attached hydrogens (tertiary/aromatic N) is 9. The minimum absolute atomic E-state index is 0.00152. The van der Waals surface area contributed by atoms with Gasteiger partial charge in [-0.2, -0.15) is 4.98 Å². The molecule has 0 amide bonds. The number of aliphatic hydroxyl groups is 1. The number of imidazole rings is 2. The van der Waals surface area contributed by atoms with Gasteiger partial charge in [0.1, 0.15) is 0 Å². The van der Waals surface area contributed by atoms with Gasteiger partial charge in [-0.15, -0.1) is 0 Å². The fraction of sp³-hybridized carbons (Fsp3) is 0.545. The van der Waals surface area contributed by atoms with Crippen LogP contribution in [0, 0.1) is 0 Å². The summed E-state index contributed by atoms with van der Waals surface area (Å²) in [4.78, 5) is 61.6. The summed E-state index contributed by atoms with van der Waals surface area (Å²) in [6, 6.07) is 0. The van der Waals surface area contributed by atoms with Gasteiger partial charge in [-0.1, -0.05) is 0 Å². The molecule has 1 N–H and O–H groups in total. The van der Waals surface area contributed by atoms with E-state index in [0.717, 1.165) is 41.5 Å². The maximum Gasteiger partial charge on any atom is 0.332 e. The van der Waals surface area contributed by atoms with Crippen LogP contribution in [-0.2, 0) is 41.3 Å². The fourth-order valence-electron chi connectivity index (χ4n) is 4.97. The molecule has 4 aromatic heterocycles. The molecule has 14 nitrogen and oxygen atoms in total. The molecule has 1 unspecified atom stereocenters. The van der Waals surface area contributed by atoms with Crippen LogP contribution in [0.2, 0.25) is 0 Å². The molecule has 1 fully saturated rings. The number of hydrogen-bond donors (Lipinski definition) is 1. The van der Waals surface area contributed by atoms with Gasteiger partial charge in [-0.05, 0) is 19.3 Å². The van der Waals surface area contributed by atoms with Crippen molar-refractivity contribution < 1.29 is 5.11 Å². The SMILES string of the molecule is Cn1c(=O)c2c(ncn2CC(O)Cn2c(N3CCCCC3)nc3c2c(=O)n(C)c(=O)n3C)n(C)c1=O. The molecule has 0 bridgehead atoms. The third kappa shape index (κ3) is 3.51. The fourth-order valence-corrected chi connectivity index (χ4v) is 4.97. The standard InChI is InChI=1S/C22H29N9O5/c1-25-16-14(18(33)27(3)21(25)35)30(12-23-16)10-13(32)11-31-15-17(26(2)22(36)28(4)19(15)34)24-20(31)29-8-6-5-7-9-29/h12-13,32H,5-11H2,1-4H3. The van der Waals surface area contributed by atoms with E-state index in [0.29, 0.717) is 5.95 Å². The lowest BCUT2D eigenvalue weighted by atomic mass is 10.1. The Labute approximate surface area is 203 Å². The zero-order valence-electron chi connectivity index (χ0n) is 20.7. The lowest BCUT2D eigenvalue weighted by Crippen LogP contribution is -2.38. The molecule has 5 rings (SSSR count). The topological polar surface area (TPSA) is 147 Å². The van der Waals surface area contributed by atoms with Gasteiger partial charge in [0.05, 0.1) is 25.5 Å². The lowest BCUT2D eigenvalue weighted by molar-refractivity contribution is 0.137. The first-order valence-electron chi connectivity index (χ1n) is 11.8.